The number of aryl methyl sites for hydroxylation is 1. The van der Waals surface area contributed by atoms with Gasteiger partial charge in [0.1, 0.15) is 24.2 Å². The predicted molar refractivity (Wildman–Crippen MR) is 150 cm³/mol. The number of methoxy groups -OCH3 is 1. The van der Waals surface area contributed by atoms with Crippen LogP contribution >= 0.6 is 0 Å². The quantitative estimate of drug-likeness (QED) is 0.269. The molecule has 0 saturated carbocycles. The molecule has 11 heteroatoms. The highest BCUT2D eigenvalue weighted by molar-refractivity contribution is 6.20. The summed E-state index contributed by atoms with van der Waals surface area (Å²) in [7, 11) is 1.22. The van der Waals surface area contributed by atoms with Crippen LogP contribution in [-0.4, -0.2) is 46.2 Å². The molecule has 2 heterocycles. The summed E-state index contributed by atoms with van der Waals surface area (Å²) in [5, 5.41) is 9.66. The zero-order valence-corrected chi connectivity index (χ0v) is 23.7. The number of benzene rings is 1. The van der Waals surface area contributed by atoms with Gasteiger partial charge in [-0.1, -0.05) is 39.8 Å². The van der Waals surface area contributed by atoms with E-state index in [1.54, 1.807) is 42.8 Å². The summed E-state index contributed by atoms with van der Waals surface area (Å²) < 4.78 is 25.1. The van der Waals surface area contributed by atoms with Gasteiger partial charge in [0.05, 0.1) is 24.7 Å². The van der Waals surface area contributed by atoms with E-state index < -0.39 is 23.8 Å². The largest absolute Gasteiger partial charge is 0.468 e. The summed E-state index contributed by atoms with van der Waals surface area (Å²) in [5.41, 5.74) is 2.03. The second-order valence-corrected chi connectivity index (χ2v) is 8.60. The molecule has 2 amide bonds. The van der Waals surface area contributed by atoms with Gasteiger partial charge >= 0.3 is 5.97 Å². The SMILES string of the molecule is C=Cc1c(/C(=C\C)C(=O)NC(CC)c2nc(C(=O)NCC(=O)OC)c(C)o2)cnn1-c1ccc(F)cc1.CCC. The number of halogens is 1. The van der Waals surface area contributed by atoms with Gasteiger partial charge < -0.3 is 19.8 Å². The fourth-order valence-electron chi connectivity index (χ4n) is 3.62. The second-order valence-electron chi connectivity index (χ2n) is 8.60. The first-order valence-electron chi connectivity index (χ1n) is 12.9. The zero-order chi connectivity index (χ0) is 29.8. The number of ether oxygens (including phenoxy) is 1. The fraction of sp³-hybridized carbons (Fsp3) is 0.345. The van der Waals surface area contributed by atoms with Gasteiger partial charge in [-0.3, -0.25) is 14.4 Å². The number of amides is 2. The normalized spacial score (nSPS) is 11.6. The number of hydrogen-bond donors (Lipinski definition) is 2. The second kappa shape index (κ2) is 15.2. The minimum atomic E-state index is -0.636. The van der Waals surface area contributed by atoms with Crippen molar-refractivity contribution in [1.29, 1.82) is 0 Å². The Balaban J connectivity index is 0.00000178. The topological polar surface area (TPSA) is 128 Å². The molecule has 2 aromatic heterocycles. The number of allylic oxidation sites excluding steroid dienone is 1. The number of carbonyl (C=O) groups excluding carboxylic acids is 3. The Bertz CT molecular complexity index is 1360. The van der Waals surface area contributed by atoms with Crippen LogP contribution in [0.15, 0.2) is 47.5 Å². The maximum Gasteiger partial charge on any atom is 0.325 e. The maximum absolute atomic E-state index is 13.4. The molecular weight excluding hydrogens is 517 g/mol. The third kappa shape index (κ3) is 7.75. The molecule has 1 atom stereocenters. The first-order chi connectivity index (χ1) is 19.1. The highest BCUT2D eigenvalue weighted by atomic mass is 19.1. The Kier molecular flexibility index (Phi) is 12.0. The van der Waals surface area contributed by atoms with Crippen LogP contribution in [0.5, 0.6) is 0 Å². The van der Waals surface area contributed by atoms with Crippen LogP contribution in [0.3, 0.4) is 0 Å². The minimum absolute atomic E-state index is 0.00683. The van der Waals surface area contributed by atoms with E-state index in [1.807, 2.05) is 6.92 Å². The Morgan fingerprint density at radius 1 is 1.20 bits per heavy atom. The molecule has 40 heavy (non-hydrogen) atoms. The minimum Gasteiger partial charge on any atom is -0.468 e. The monoisotopic (exact) mass is 553 g/mol. The van der Waals surface area contributed by atoms with Crippen LogP contribution in [0.1, 0.15) is 80.0 Å². The van der Waals surface area contributed by atoms with Gasteiger partial charge in [-0.05, 0) is 50.6 Å². The first-order valence-corrected chi connectivity index (χ1v) is 12.9. The Hall–Kier alpha value is -4.54. The van der Waals surface area contributed by atoms with Crippen molar-refractivity contribution in [2.45, 2.75) is 53.5 Å². The van der Waals surface area contributed by atoms with Gasteiger partial charge in [0.2, 0.25) is 5.89 Å². The summed E-state index contributed by atoms with van der Waals surface area (Å²) in [4.78, 5) is 41.3. The molecule has 3 rings (SSSR count). The summed E-state index contributed by atoms with van der Waals surface area (Å²) in [6, 6.07) is 5.15. The lowest BCUT2D eigenvalue weighted by molar-refractivity contribution is -0.139. The first kappa shape index (κ1) is 31.7. The summed E-state index contributed by atoms with van der Waals surface area (Å²) in [5.74, 6) is -1.60. The molecule has 2 N–H and O–H groups in total. The van der Waals surface area contributed by atoms with Crippen molar-refractivity contribution in [3.63, 3.8) is 0 Å². The molecule has 0 aliphatic rings. The van der Waals surface area contributed by atoms with Crippen LogP contribution in [-0.2, 0) is 14.3 Å². The Morgan fingerprint density at radius 2 is 1.85 bits per heavy atom. The Morgan fingerprint density at radius 3 is 2.40 bits per heavy atom. The van der Waals surface area contributed by atoms with E-state index in [2.05, 4.69) is 45.9 Å². The number of nitrogens with one attached hydrogen (secondary N) is 2. The van der Waals surface area contributed by atoms with Gasteiger partial charge in [0.25, 0.3) is 11.8 Å². The Labute approximate surface area is 233 Å². The van der Waals surface area contributed by atoms with Crippen molar-refractivity contribution < 1.29 is 27.9 Å². The number of aromatic nitrogens is 3. The third-order valence-corrected chi connectivity index (χ3v) is 5.56. The average molecular weight is 554 g/mol. The lowest BCUT2D eigenvalue weighted by Gasteiger charge is -2.15. The van der Waals surface area contributed by atoms with Crippen LogP contribution in [0.2, 0.25) is 0 Å². The summed E-state index contributed by atoms with van der Waals surface area (Å²) in [6.45, 7) is 12.9. The standard InChI is InChI=1S/C26H28FN5O5.C3H8/c1-6-18(19-13-29-32(21(19)8-3)17-11-9-16(27)10-12-17)24(34)30-20(7-2)26-31-23(15(4)37-26)25(35)28-14-22(33)36-5;1-3-2/h6,8-13,20H,3,7,14H2,1-2,4-5H3,(H,28,35)(H,30,34);3H2,1-2H3/b18-6+;. The van der Waals surface area contributed by atoms with Crippen molar-refractivity contribution in [2.75, 3.05) is 13.7 Å². The molecule has 0 aliphatic carbocycles. The van der Waals surface area contributed by atoms with Gasteiger partial charge in [-0.2, -0.15) is 5.10 Å². The van der Waals surface area contributed by atoms with Crippen LogP contribution < -0.4 is 10.6 Å². The van der Waals surface area contributed by atoms with Crippen molar-refractivity contribution in [3.8, 4) is 5.69 Å². The average Bonchev–Trinajstić information content (AvgIpc) is 3.55. The maximum atomic E-state index is 13.4. The molecule has 0 bridgehead atoms. The van der Waals surface area contributed by atoms with E-state index in [9.17, 15) is 18.8 Å². The summed E-state index contributed by atoms with van der Waals surface area (Å²) in [6.07, 6.45) is 6.42. The van der Waals surface area contributed by atoms with Crippen molar-refractivity contribution >= 4 is 29.4 Å². The predicted octanol–water partition coefficient (Wildman–Crippen LogP) is 4.94. The van der Waals surface area contributed by atoms with E-state index >= 15 is 0 Å². The summed E-state index contributed by atoms with van der Waals surface area (Å²) >= 11 is 0. The van der Waals surface area contributed by atoms with Crippen molar-refractivity contribution in [3.05, 3.63) is 77.5 Å². The molecule has 0 saturated heterocycles. The van der Waals surface area contributed by atoms with Crippen LogP contribution in [0.4, 0.5) is 4.39 Å². The van der Waals surface area contributed by atoms with E-state index in [0.29, 0.717) is 28.9 Å². The number of nitrogens with zero attached hydrogens (tertiary/aromatic N) is 3. The molecule has 0 radical (unpaired) electrons. The fourth-order valence-corrected chi connectivity index (χ4v) is 3.62. The number of carbonyl (C=O) groups is 3. The molecule has 0 fully saturated rings. The highest BCUT2D eigenvalue weighted by Gasteiger charge is 2.26. The zero-order valence-electron chi connectivity index (χ0n) is 23.7. The number of rotatable bonds is 10. The third-order valence-electron chi connectivity index (χ3n) is 5.56. The van der Waals surface area contributed by atoms with Gasteiger partial charge in [-0.25, -0.2) is 14.1 Å². The molecule has 0 aliphatic heterocycles. The number of esters is 1. The molecule has 1 aromatic carbocycles. The van der Waals surface area contributed by atoms with Gasteiger partial charge in [0, 0.05) is 11.1 Å². The molecule has 214 valence electrons. The van der Waals surface area contributed by atoms with E-state index in [-0.39, 0.29) is 29.7 Å². The lowest BCUT2D eigenvalue weighted by Crippen LogP contribution is -2.31. The highest BCUT2D eigenvalue weighted by Crippen LogP contribution is 2.26. The van der Waals surface area contributed by atoms with Crippen molar-refractivity contribution in [1.82, 2.24) is 25.4 Å². The number of hydrogen-bond acceptors (Lipinski definition) is 7. The molecule has 10 nitrogen and oxygen atoms in total. The lowest BCUT2D eigenvalue weighted by atomic mass is 10.0. The van der Waals surface area contributed by atoms with E-state index in [0.717, 1.165) is 0 Å². The molecular formula is C29H36FN5O5. The van der Waals surface area contributed by atoms with Crippen LogP contribution in [0, 0.1) is 12.7 Å². The molecule has 3 aromatic rings. The number of oxazole rings is 1. The molecule has 1 unspecified atom stereocenters. The van der Waals surface area contributed by atoms with Crippen molar-refractivity contribution in [2.24, 2.45) is 0 Å². The smallest absolute Gasteiger partial charge is 0.325 e. The van der Waals surface area contributed by atoms with Crippen LogP contribution in [0.25, 0.3) is 17.3 Å². The molecule has 0 spiro atoms. The van der Waals surface area contributed by atoms with Gasteiger partial charge in [0.15, 0.2) is 5.69 Å². The van der Waals surface area contributed by atoms with Gasteiger partial charge in [-0.15, -0.1) is 0 Å². The van der Waals surface area contributed by atoms with E-state index in [4.69, 9.17) is 4.42 Å². The van der Waals surface area contributed by atoms with E-state index in [1.165, 1.54) is 31.9 Å².